The van der Waals surface area contributed by atoms with Gasteiger partial charge in [0.05, 0.1) is 0 Å². The molecule has 240 valence electrons. The number of nitrogens with two attached hydrogens (primary N) is 2. The summed E-state index contributed by atoms with van der Waals surface area (Å²) in [6.45, 7) is 24.0. The molecule has 2 nitrogen and oxygen atoms in total. The lowest BCUT2D eigenvalue weighted by atomic mass is 9.77. The predicted molar refractivity (Wildman–Crippen MR) is 207 cm³/mol. The molecule has 0 heterocycles. The quantitative estimate of drug-likeness (QED) is 0.191. The first kappa shape index (κ1) is 34.8. The Morgan fingerprint density at radius 1 is 0.894 bits per heavy atom. The summed E-state index contributed by atoms with van der Waals surface area (Å²) >= 11 is 0. The Morgan fingerprint density at radius 2 is 1.68 bits per heavy atom. The molecule has 0 radical (unpaired) electrons. The molecule has 0 saturated heterocycles. The molecule has 1 aromatic carbocycles. The number of benzene rings is 1. The van der Waals surface area contributed by atoms with E-state index in [4.69, 9.17) is 11.5 Å². The summed E-state index contributed by atoms with van der Waals surface area (Å²) in [7, 11) is 0. The molecule has 1 unspecified atom stereocenters. The normalized spacial score (nSPS) is 22.1. The van der Waals surface area contributed by atoms with Crippen molar-refractivity contribution in [3.8, 4) is 0 Å². The van der Waals surface area contributed by atoms with E-state index in [2.05, 4.69) is 126 Å². The van der Waals surface area contributed by atoms with Crippen molar-refractivity contribution in [3.05, 3.63) is 203 Å². The van der Waals surface area contributed by atoms with Crippen molar-refractivity contribution >= 4 is 11.3 Å². The fourth-order valence-electron chi connectivity index (χ4n) is 6.20. The van der Waals surface area contributed by atoms with Crippen molar-refractivity contribution in [1.29, 1.82) is 0 Å². The molecule has 0 bridgehead atoms. The molecule has 1 atom stereocenters. The Hall–Kier alpha value is -5.08. The van der Waals surface area contributed by atoms with Crippen molar-refractivity contribution in [2.45, 2.75) is 46.5 Å². The van der Waals surface area contributed by atoms with Crippen molar-refractivity contribution in [3.63, 3.8) is 0 Å². The zero-order chi connectivity index (χ0) is 33.9. The van der Waals surface area contributed by atoms with Crippen molar-refractivity contribution < 1.29 is 0 Å². The number of rotatable bonds is 11. The van der Waals surface area contributed by atoms with E-state index in [1.54, 1.807) is 6.08 Å². The third kappa shape index (κ3) is 9.01. The number of anilines is 1. The van der Waals surface area contributed by atoms with Crippen LogP contribution < -0.4 is 11.5 Å². The average Bonchev–Trinajstić information content (AvgIpc) is 3.06. The summed E-state index contributed by atoms with van der Waals surface area (Å²) in [5.41, 5.74) is 26.4. The van der Waals surface area contributed by atoms with Gasteiger partial charge in [0.2, 0.25) is 0 Å². The van der Waals surface area contributed by atoms with Crippen molar-refractivity contribution in [2.75, 3.05) is 5.73 Å². The fourth-order valence-corrected chi connectivity index (χ4v) is 6.20. The number of hydrogen-bond donors (Lipinski definition) is 2. The second-order valence-electron chi connectivity index (χ2n) is 12.7. The van der Waals surface area contributed by atoms with Crippen LogP contribution in [-0.2, 0) is 0 Å². The minimum Gasteiger partial charge on any atom is -0.405 e. The smallest absolute Gasteiger partial charge is 0.0393 e. The topological polar surface area (TPSA) is 52.0 Å². The van der Waals surface area contributed by atoms with Crippen LogP contribution >= 0.6 is 0 Å². The van der Waals surface area contributed by atoms with Crippen LogP contribution in [0.1, 0.15) is 52.0 Å². The molecule has 0 saturated carbocycles. The van der Waals surface area contributed by atoms with Crippen LogP contribution in [0.2, 0.25) is 0 Å². The second kappa shape index (κ2) is 16.5. The van der Waals surface area contributed by atoms with Crippen LogP contribution in [0.25, 0.3) is 5.57 Å². The predicted octanol–water partition coefficient (Wildman–Crippen LogP) is 11.5. The second-order valence-corrected chi connectivity index (χ2v) is 12.7. The highest BCUT2D eigenvalue weighted by molar-refractivity contribution is 5.88. The van der Waals surface area contributed by atoms with Gasteiger partial charge in [0.25, 0.3) is 0 Å². The molecule has 3 aliphatic rings. The molecule has 0 amide bonds. The molecule has 0 aromatic heterocycles. The monoisotopic (exact) mass is 618 g/mol. The van der Waals surface area contributed by atoms with Crippen molar-refractivity contribution in [1.82, 2.24) is 0 Å². The zero-order valence-electron chi connectivity index (χ0n) is 28.4. The SMILES string of the molecule is C=C(/C=C\N)/C=C\C(=C(\C(=C)c1ccccc1N)C1=CC=C(C2/C=C\C(=C)\C=C/C(/C=C\C(=C)C3=CC=CCC3)=C\2C)CC1)C(C)C. The number of allylic oxidation sites excluding steroid dienone is 25. The van der Waals surface area contributed by atoms with Crippen molar-refractivity contribution in [2.24, 2.45) is 17.6 Å². The van der Waals surface area contributed by atoms with Gasteiger partial charge in [0.15, 0.2) is 0 Å². The lowest BCUT2D eigenvalue weighted by Crippen LogP contribution is -2.11. The summed E-state index contributed by atoms with van der Waals surface area (Å²) in [5.74, 6) is 0.403. The largest absolute Gasteiger partial charge is 0.405 e. The molecule has 47 heavy (non-hydrogen) atoms. The maximum absolute atomic E-state index is 6.49. The molecular formula is C45H50N2. The van der Waals surface area contributed by atoms with Gasteiger partial charge in [-0.05, 0) is 107 Å². The van der Waals surface area contributed by atoms with Gasteiger partial charge < -0.3 is 11.5 Å². The molecule has 1 aromatic rings. The maximum Gasteiger partial charge on any atom is 0.0393 e. The van der Waals surface area contributed by atoms with E-state index < -0.39 is 0 Å². The summed E-state index contributed by atoms with van der Waals surface area (Å²) in [4.78, 5) is 0. The highest BCUT2D eigenvalue weighted by Crippen LogP contribution is 2.41. The lowest BCUT2D eigenvalue weighted by Gasteiger charge is -2.27. The van der Waals surface area contributed by atoms with E-state index in [1.165, 1.54) is 39.6 Å². The highest BCUT2D eigenvalue weighted by Gasteiger charge is 2.23. The van der Waals surface area contributed by atoms with Gasteiger partial charge in [-0.1, -0.05) is 148 Å². The first-order chi connectivity index (χ1) is 22.6. The Bertz CT molecular complexity index is 1780. The van der Waals surface area contributed by atoms with Crippen LogP contribution in [0.3, 0.4) is 0 Å². The Morgan fingerprint density at radius 3 is 2.34 bits per heavy atom. The Balaban J connectivity index is 1.78. The summed E-state index contributed by atoms with van der Waals surface area (Å²) in [6, 6.07) is 7.97. The van der Waals surface area contributed by atoms with Crippen LogP contribution in [0.4, 0.5) is 5.69 Å². The molecule has 2 heteroatoms. The third-order valence-corrected chi connectivity index (χ3v) is 8.98. The van der Waals surface area contributed by atoms with Gasteiger partial charge in [0.1, 0.15) is 0 Å². The first-order valence-electron chi connectivity index (χ1n) is 16.5. The third-order valence-electron chi connectivity index (χ3n) is 8.98. The number of nitrogen functional groups attached to an aromatic ring is 1. The summed E-state index contributed by atoms with van der Waals surface area (Å²) < 4.78 is 0. The molecule has 0 fully saturated rings. The molecule has 0 spiro atoms. The summed E-state index contributed by atoms with van der Waals surface area (Å²) in [5, 5.41) is 0. The molecule has 0 aliphatic heterocycles. The first-order valence-corrected chi connectivity index (χ1v) is 16.5. The number of para-hydroxylation sites is 1. The van der Waals surface area contributed by atoms with E-state index in [9.17, 15) is 0 Å². The van der Waals surface area contributed by atoms with E-state index in [0.29, 0.717) is 0 Å². The van der Waals surface area contributed by atoms with Gasteiger partial charge >= 0.3 is 0 Å². The van der Waals surface area contributed by atoms with Gasteiger partial charge in [-0.25, -0.2) is 0 Å². The van der Waals surface area contributed by atoms with E-state index in [1.807, 2.05) is 24.3 Å². The molecule has 4 N–H and O–H groups in total. The van der Waals surface area contributed by atoms with Gasteiger partial charge in [-0.2, -0.15) is 0 Å². The average molecular weight is 619 g/mol. The van der Waals surface area contributed by atoms with Crippen LogP contribution in [0.5, 0.6) is 0 Å². The van der Waals surface area contributed by atoms with E-state index in [0.717, 1.165) is 64.8 Å². The van der Waals surface area contributed by atoms with Gasteiger partial charge in [-0.15, -0.1) is 0 Å². The van der Waals surface area contributed by atoms with Crippen LogP contribution in [0.15, 0.2) is 198 Å². The minimum atomic E-state index is 0.162. The summed E-state index contributed by atoms with van der Waals surface area (Å²) in [6.07, 6.45) is 35.6. The standard InChI is InChI=1S/C45H50N2/c1-31(2)41(27-18-33(4)29-30-46)45(36(7)43-15-11-12-16-44(43)47)40-25-23-39(24-26-40)42-28-19-32(3)17-21-38(35(42)6)22-20-34(5)37-13-9-8-10-14-37/h8-9,11-13,15-23,25,27-31,42H,3-5,7,10,14,24,26,46-47H2,1-2,6H3/b21-17-,22-20-,27-18-,28-19-,30-29-,38-35+,45-41+. The molecular weight excluding hydrogens is 569 g/mol. The fraction of sp³-hybridized carbons (Fsp3) is 0.200. The van der Waals surface area contributed by atoms with Gasteiger partial charge in [0, 0.05) is 17.2 Å². The highest BCUT2D eigenvalue weighted by atomic mass is 14.6. The Kier molecular flexibility index (Phi) is 12.2. The van der Waals surface area contributed by atoms with Crippen LogP contribution in [0, 0.1) is 11.8 Å². The van der Waals surface area contributed by atoms with Crippen LogP contribution in [-0.4, -0.2) is 0 Å². The zero-order valence-corrected chi connectivity index (χ0v) is 28.4. The Labute approximate surface area is 283 Å². The number of hydrogen-bond acceptors (Lipinski definition) is 2. The van der Waals surface area contributed by atoms with E-state index in [-0.39, 0.29) is 11.8 Å². The van der Waals surface area contributed by atoms with Gasteiger partial charge in [-0.3, -0.25) is 0 Å². The minimum absolute atomic E-state index is 0.162. The molecule has 4 rings (SSSR count). The maximum atomic E-state index is 6.49. The lowest BCUT2D eigenvalue weighted by molar-refractivity contribution is 0.763. The van der Waals surface area contributed by atoms with E-state index >= 15 is 0 Å². The molecule has 3 aliphatic carbocycles.